The molecule has 0 bridgehead atoms. The molecule has 3 fully saturated rings. The standard InChI is InChI=1S/C24H33N5O8S2/c1-5-34-23(33)36-12(2)35-21(32)17-24(3,4)39-20-16(19(31)29(17)20)27-18(30)15(14-11-38-22(25)26-14)28-37-13-9-7-6-8-10-13/h11-13,16-17,20H,5-10H2,1-4H3,(H2,25,26)(H,27,30)/b28-15-/t12-,16+,17+,20-/m1/s1. The Morgan fingerprint density at radius 1 is 1.26 bits per heavy atom. The van der Waals surface area contributed by atoms with Gasteiger partial charge in [0.2, 0.25) is 12.2 Å². The molecule has 214 valence electrons. The number of amides is 2. The van der Waals surface area contributed by atoms with Crippen molar-refractivity contribution < 1.29 is 38.2 Å². The van der Waals surface area contributed by atoms with Gasteiger partial charge in [0, 0.05) is 17.1 Å². The van der Waals surface area contributed by atoms with Crippen molar-refractivity contribution in [3.63, 3.8) is 0 Å². The fraction of sp³-hybridized carbons (Fsp3) is 0.667. The number of aromatic nitrogens is 1. The molecule has 39 heavy (non-hydrogen) atoms. The van der Waals surface area contributed by atoms with E-state index in [0.29, 0.717) is 0 Å². The third kappa shape index (κ3) is 6.40. The summed E-state index contributed by atoms with van der Waals surface area (Å²) in [6, 6.07) is -1.86. The molecule has 3 aliphatic rings. The second kappa shape index (κ2) is 12.0. The Kier molecular flexibility index (Phi) is 8.89. The van der Waals surface area contributed by atoms with Crippen molar-refractivity contribution in [1.29, 1.82) is 0 Å². The van der Waals surface area contributed by atoms with Crippen LogP contribution in [0.25, 0.3) is 0 Å². The molecule has 2 aliphatic heterocycles. The van der Waals surface area contributed by atoms with Gasteiger partial charge in [0.15, 0.2) is 10.8 Å². The highest BCUT2D eigenvalue weighted by atomic mass is 32.2. The number of fused-ring (bicyclic) bond motifs is 1. The molecule has 1 saturated carbocycles. The molecule has 13 nitrogen and oxygen atoms in total. The quantitative estimate of drug-likeness (QED) is 0.144. The Bertz CT molecular complexity index is 1140. The number of thiazole rings is 1. The lowest BCUT2D eigenvalue weighted by Gasteiger charge is -2.44. The van der Waals surface area contributed by atoms with Crippen LogP contribution in [0.5, 0.6) is 0 Å². The molecule has 1 aromatic rings. The Labute approximate surface area is 234 Å². The first-order valence-corrected chi connectivity index (χ1v) is 14.6. The first-order chi connectivity index (χ1) is 18.5. The highest BCUT2D eigenvalue weighted by Crippen LogP contribution is 2.51. The molecule has 0 radical (unpaired) electrons. The van der Waals surface area contributed by atoms with Crippen LogP contribution in [0.15, 0.2) is 10.5 Å². The van der Waals surface area contributed by atoms with Crippen LogP contribution in [0.1, 0.15) is 65.5 Å². The number of nitrogen functional groups attached to an aromatic ring is 1. The van der Waals surface area contributed by atoms with Crippen LogP contribution < -0.4 is 11.1 Å². The highest BCUT2D eigenvalue weighted by molar-refractivity contribution is 8.01. The number of esters is 1. The van der Waals surface area contributed by atoms with Gasteiger partial charge in [-0.15, -0.1) is 23.1 Å². The predicted octanol–water partition coefficient (Wildman–Crippen LogP) is 2.39. The van der Waals surface area contributed by atoms with Gasteiger partial charge in [0.05, 0.1) is 6.61 Å². The molecular weight excluding hydrogens is 550 g/mol. The summed E-state index contributed by atoms with van der Waals surface area (Å²) in [6.07, 6.45) is 2.63. The van der Waals surface area contributed by atoms with Gasteiger partial charge in [0.25, 0.3) is 5.91 Å². The number of nitrogens with zero attached hydrogens (tertiary/aromatic N) is 3. The molecule has 15 heteroatoms. The molecule has 2 saturated heterocycles. The van der Waals surface area contributed by atoms with Crippen molar-refractivity contribution in [2.24, 2.45) is 5.16 Å². The average Bonchev–Trinajstić information content (AvgIpc) is 3.41. The minimum absolute atomic E-state index is 0.0667. The van der Waals surface area contributed by atoms with Crippen LogP contribution in [-0.2, 0) is 33.4 Å². The topological polar surface area (TPSA) is 172 Å². The highest BCUT2D eigenvalue weighted by Gasteiger charge is 2.64. The third-order valence-corrected chi connectivity index (χ3v) is 8.83. The molecular formula is C24H33N5O8S2. The molecule has 0 aromatic carbocycles. The van der Waals surface area contributed by atoms with E-state index in [9.17, 15) is 19.2 Å². The largest absolute Gasteiger partial charge is 0.511 e. The first-order valence-electron chi connectivity index (χ1n) is 12.8. The van der Waals surface area contributed by atoms with Crippen molar-refractivity contribution >= 4 is 57.9 Å². The Balaban J connectivity index is 1.43. The smallest absolute Gasteiger partial charge is 0.435 e. The predicted molar refractivity (Wildman–Crippen MR) is 143 cm³/mol. The normalized spacial score (nSPS) is 25.2. The maximum atomic E-state index is 13.3. The fourth-order valence-electron chi connectivity index (χ4n) is 4.77. The number of nitrogens with two attached hydrogens (primary N) is 1. The van der Waals surface area contributed by atoms with Crippen LogP contribution in [0.4, 0.5) is 9.93 Å². The second-order valence-corrected chi connectivity index (χ2v) is 12.6. The second-order valence-electron chi connectivity index (χ2n) is 9.89. The molecule has 1 aromatic heterocycles. The number of thioether (sulfide) groups is 1. The molecule has 4 atom stereocenters. The summed E-state index contributed by atoms with van der Waals surface area (Å²) >= 11 is 2.52. The number of oxime groups is 1. The van der Waals surface area contributed by atoms with Crippen molar-refractivity contribution in [2.45, 2.75) is 94.4 Å². The minimum Gasteiger partial charge on any atom is -0.435 e. The van der Waals surface area contributed by atoms with Crippen molar-refractivity contribution in [1.82, 2.24) is 15.2 Å². The van der Waals surface area contributed by atoms with Crippen molar-refractivity contribution in [3.05, 3.63) is 11.1 Å². The van der Waals surface area contributed by atoms with Crippen LogP contribution in [0.3, 0.4) is 0 Å². The van der Waals surface area contributed by atoms with E-state index in [-0.39, 0.29) is 29.2 Å². The molecule has 3 heterocycles. The van der Waals surface area contributed by atoms with E-state index in [1.807, 2.05) is 0 Å². The average molecular weight is 584 g/mol. The molecule has 3 N–H and O–H groups in total. The molecule has 2 amide bonds. The Morgan fingerprint density at radius 2 is 1.97 bits per heavy atom. The van der Waals surface area contributed by atoms with Crippen molar-refractivity contribution in [3.8, 4) is 0 Å². The lowest BCUT2D eigenvalue weighted by molar-refractivity contribution is -0.180. The lowest BCUT2D eigenvalue weighted by atomic mass is 9.96. The van der Waals surface area contributed by atoms with Gasteiger partial charge in [-0.25, -0.2) is 14.6 Å². The van der Waals surface area contributed by atoms with Gasteiger partial charge < -0.3 is 35.0 Å². The van der Waals surface area contributed by atoms with Gasteiger partial charge in [-0.1, -0.05) is 11.6 Å². The summed E-state index contributed by atoms with van der Waals surface area (Å²) in [6.45, 7) is 6.70. The van der Waals surface area contributed by atoms with Gasteiger partial charge in [0.1, 0.15) is 29.3 Å². The number of ether oxygens (including phenoxy) is 3. The number of hydrogen-bond acceptors (Lipinski definition) is 13. The molecule has 0 spiro atoms. The van der Waals surface area contributed by atoms with E-state index < -0.39 is 52.4 Å². The number of rotatable bonds is 9. The number of nitrogens with one attached hydrogen (secondary N) is 1. The Hall–Kier alpha value is -3.07. The van der Waals surface area contributed by atoms with Gasteiger partial charge in [-0.05, 0) is 46.5 Å². The maximum absolute atomic E-state index is 13.3. The number of hydrogen-bond donors (Lipinski definition) is 2. The fourth-order valence-corrected chi connectivity index (χ4v) is 6.94. The van der Waals surface area contributed by atoms with Crippen molar-refractivity contribution in [2.75, 3.05) is 12.3 Å². The first kappa shape index (κ1) is 28.9. The summed E-state index contributed by atoms with van der Waals surface area (Å²) in [4.78, 5) is 62.3. The van der Waals surface area contributed by atoms with Gasteiger partial charge in [-0.3, -0.25) is 9.59 Å². The van der Waals surface area contributed by atoms with Crippen LogP contribution in [-0.4, -0.2) is 80.7 Å². The zero-order valence-corrected chi connectivity index (χ0v) is 23.8. The number of carbonyl (C=O) groups excluding carboxylic acids is 4. The van der Waals surface area contributed by atoms with E-state index in [1.54, 1.807) is 26.2 Å². The van der Waals surface area contributed by atoms with Gasteiger partial charge >= 0.3 is 12.1 Å². The van der Waals surface area contributed by atoms with E-state index in [4.69, 9.17) is 24.8 Å². The summed E-state index contributed by atoms with van der Waals surface area (Å²) in [5.41, 5.74) is 5.96. The lowest BCUT2D eigenvalue weighted by Crippen LogP contribution is -2.71. The monoisotopic (exact) mass is 583 g/mol. The van der Waals surface area contributed by atoms with Gasteiger partial charge in [-0.2, -0.15) is 0 Å². The van der Waals surface area contributed by atoms with Crippen LogP contribution in [0.2, 0.25) is 0 Å². The summed E-state index contributed by atoms with van der Waals surface area (Å²) < 4.78 is 14.1. The molecule has 0 unspecified atom stereocenters. The number of anilines is 1. The van der Waals surface area contributed by atoms with Crippen LogP contribution in [0, 0.1) is 0 Å². The summed E-state index contributed by atoms with van der Waals surface area (Å²) in [5, 5.41) is 8.22. The van der Waals surface area contributed by atoms with E-state index in [1.165, 1.54) is 23.6 Å². The third-order valence-electron chi connectivity index (χ3n) is 6.58. The summed E-state index contributed by atoms with van der Waals surface area (Å²) in [7, 11) is 0. The van der Waals surface area contributed by atoms with E-state index in [2.05, 4.69) is 15.5 Å². The van der Waals surface area contributed by atoms with E-state index >= 15 is 0 Å². The zero-order valence-electron chi connectivity index (χ0n) is 22.2. The maximum Gasteiger partial charge on any atom is 0.511 e. The number of β-lactam (4-membered cyclic amide) rings is 1. The molecule has 4 rings (SSSR count). The zero-order chi connectivity index (χ0) is 28.3. The Morgan fingerprint density at radius 3 is 2.62 bits per heavy atom. The molecule has 1 aliphatic carbocycles. The number of carbonyl (C=O) groups is 4. The minimum atomic E-state index is -1.21. The van der Waals surface area contributed by atoms with Crippen LogP contribution >= 0.6 is 23.1 Å². The SMILES string of the molecule is CCOC(=O)O[C@H](C)OC(=O)[C@@H]1N2C(=O)[C@H](NC(=O)/C(=N\OC3CCCCC3)c3csc(N)n3)[C@H]2SC1(C)C. The van der Waals surface area contributed by atoms with E-state index in [0.717, 1.165) is 43.4 Å². The summed E-state index contributed by atoms with van der Waals surface area (Å²) in [5.74, 6) is -1.81.